The summed E-state index contributed by atoms with van der Waals surface area (Å²) in [5, 5.41) is 12.6. The molecule has 11 heteroatoms. The van der Waals surface area contributed by atoms with Crippen molar-refractivity contribution in [1.82, 2.24) is 13.9 Å². The molecule has 0 amide bonds. The Bertz CT molecular complexity index is 1320. The number of morpholine rings is 1. The molecule has 0 radical (unpaired) electrons. The summed E-state index contributed by atoms with van der Waals surface area (Å²) in [6.07, 6.45) is 3.92. The summed E-state index contributed by atoms with van der Waals surface area (Å²) >= 11 is 1.19. The van der Waals surface area contributed by atoms with Gasteiger partial charge in [0.15, 0.2) is 5.16 Å². The molecule has 0 N–H and O–H groups in total. The van der Waals surface area contributed by atoms with E-state index in [1.807, 2.05) is 30.3 Å². The number of ether oxygens (including phenoxy) is 1. The summed E-state index contributed by atoms with van der Waals surface area (Å²) in [7, 11) is -3.84. The van der Waals surface area contributed by atoms with Gasteiger partial charge in [0, 0.05) is 30.5 Å². The van der Waals surface area contributed by atoms with Crippen molar-refractivity contribution in [2.24, 2.45) is 0 Å². The minimum Gasteiger partial charge on any atom is -0.379 e. The monoisotopic (exact) mass is 500 g/mol. The number of nitro groups is 1. The summed E-state index contributed by atoms with van der Waals surface area (Å²) in [5.41, 5.74) is 2.86. The van der Waals surface area contributed by atoms with Crippen LogP contribution in [0.25, 0.3) is 5.69 Å². The van der Waals surface area contributed by atoms with Crippen LogP contribution in [-0.2, 0) is 27.6 Å². The van der Waals surface area contributed by atoms with Crippen molar-refractivity contribution in [3.8, 4) is 5.69 Å². The number of nitro benzene ring substituents is 1. The van der Waals surface area contributed by atoms with Crippen molar-refractivity contribution in [2.75, 3.05) is 26.3 Å². The number of benzene rings is 2. The van der Waals surface area contributed by atoms with Crippen LogP contribution in [0.3, 0.4) is 0 Å². The number of imidazole rings is 1. The van der Waals surface area contributed by atoms with Crippen molar-refractivity contribution in [3.05, 3.63) is 70.0 Å². The van der Waals surface area contributed by atoms with Crippen molar-refractivity contribution in [1.29, 1.82) is 0 Å². The largest absolute Gasteiger partial charge is 0.379 e. The van der Waals surface area contributed by atoms with E-state index < -0.39 is 14.9 Å². The highest BCUT2D eigenvalue weighted by Gasteiger charge is 2.30. The van der Waals surface area contributed by atoms with Gasteiger partial charge in [0.25, 0.3) is 5.69 Å². The van der Waals surface area contributed by atoms with E-state index >= 15 is 0 Å². The lowest BCUT2D eigenvalue weighted by atomic mass is 10.0. The number of aromatic nitrogens is 2. The third-order valence-corrected chi connectivity index (χ3v) is 8.97. The van der Waals surface area contributed by atoms with Crippen molar-refractivity contribution in [3.63, 3.8) is 0 Å². The number of aryl methyl sites for hydroxylation is 1. The first-order valence-corrected chi connectivity index (χ1v) is 13.4. The van der Waals surface area contributed by atoms with Gasteiger partial charge < -0.3 is 4.74 Å². The van der Waals surface area contributed by atoms with Gasteiger partial charge in [-0.2, -0.15) is 4.31 Å². The van der Waals surface area contributed by atoms with E-state index in [1.165, 1.54) is 28.2 Å². The van der Waals surface area contributed by atoms with E-state index in [9.17, 15) is 18.5 Å². The fourth-order valence-corrected chi connectivity index (χ4v) is 6.81. The summed E-state index contributed by atoms with van der Waals surface area (Å²) in [6, 6.07) is 13.9. The first-order chi connectivity index (χ1) is 16.4. The quantitative estimate of drug-likeness (QED) is 0.374. The number of hydrogen-bond acceptors (Lipinski definition) is 7. The molecule has 0 atom stereocenters. The SMILES string of the molecule is O=[N+]([O-])c1cc(S(=O)(=O)N2CCOCC2)ccc1Sc1nc2c(n1-c1ccccc1)CCCC2. The number of nitrogens with zero attached hydrogens (tertiary/aromatic N) is 4. The lowest BCUT2D eigenvalue weighted by Gasteiger charge is -2.26. The second-order valence-corrected chi connectivity index (χ2v) is 11.1. The number of rotatable bonds is 6. The molecule has 0 unspecified atom stereocenters. The predicted octanol–water partition coefficient (Wildman–Crippen LogP) is 3.83. The molecule has 2 aliphatic rings. The highest BCUT2D eigenvalue weighted by atomic mass is 32.2. The van der Waals surface area contributed by atoms with Gasteiger partial charge >= 0.3 is 0 Å². The number of para-hydroxylation sites is 1. The molecular formula is C23H24N4O5S2. The van der Waals surface area contributed by atoms with Crippen LogP contribution in [0, 0.1) is 10.1 Å². The highest BCUT2D eigenvalue weighted by Crippen LogP contribution is 2.39. The van der Waals surface area contributed by atoms with Gasteiger partial charge in [-0.1, -0.05) is 18.2 Å². The second kappa shape index (κ2) is 9.49. The minimum absolute atomic E-state index is 0.0869. The zero-order valence-corrected chi connectivity index (χ0v) is 20.1. The van der Waals surface area contributed by atoms with Gasteiger partial charge in [-0.25, -0.2) is 13.4 Å². The molecule has 0 bridgehead atoms. The smallest absolute Gasteiger partial charge is 0.284 e. The third kappa shape index (κ3) is 4.36. The maximum atomic E-state index is 13.0. The molecule has 1 aliphatic heterocycles. The number of fused-ring (bicyclic) bond motifs is 1. The third-order valence-electron chi connectivity index (χ3n) is 6.05. The Labute approximate surface area is 202 Å². The number of hydrogen-bond donors (Lipinski definition) is 0. The van der Waals surface area contributed by atoms with Crippen LogP contribution in [0.4, 0.5) is 5.69 Å². The van der Waals surface area contributed by atoms with Crippen LogP contribution in [0.15, 0.2) is 63.5 Å². The van der Waals surface area contributed by atoms with Crippen molar-refractivity contribution < 1.29 is 18.1 Å². The standard InChI is InChI=1S/C23H24N4O5S2/c28-27(29)21-16-18(34(30,31)25-12-14-32-15-13-25)10-11-22(21)33-23-24-19-8-4-5-9-20(19)26(23)17-6-2-1-3-7-17/h1-3,6-7,10-11,16H,4-5,8-9,12-15H2. The average Bonchev–Trinajstić information content (AvgIpc) is 3.23. The lowest BCUT2D eigenvalue weighted by molar-refractivity contribution is -0.388. The zero-order chi connectivity index (χ0) is 23.7. The van der Waals surface area contributed by atoms with Gasteiger partial charge in [-0.3, -0.25) is 14.7 Å². The molecule has 1 fully saturated rings. The topological polar surface area (TPSA) is 108 Å². The predicted molar refractivity (Wildman–Crippen MR) is 127 cm³/mol. The van der Waals surface area contributed by atoms with Gasteiger partial charge in [-0.05, 0) is 61.7 Å². The molecule has 0 saturated carbocycles. The molecule has 3 aromatic rings. The first kappa shape index (κ1) is 23.0. The van der Waals surface area contributed by atoms with Crippen molar-refractivity contribution >= 4 is 27.5 Å². The van der Waals surface area contributed by atoms with Gasteiger partial charge in [0.05, 0.1) is 33.6 Å². The van der Waals surface area contributed by atoms with E-state index in [0.29, 0.717) is 23.3 Å². The Morgan fingerprint density at radius 3 is 2.50 bits per heavy atom. The van der Waals surface area contributed by atoms with Crippen LogP contribution >= 0.6 is 11.8 Å². The van der Waals surface area contributed by atoms with Crippen LogP contribution in [0.5, 0.6) is 0 Å². The Kier molecular flexibility index (Phi) is 6.43. The maximum Gasteiger partial charge on any atom is 0.284 e. The molecule has 0 spiro atoms. The normalized spacial score (nSPS) is 16.8. The maximum absolute atomic E-state index is 13.0. The zero-order valence-electron chi connectivity index (χ0n) is 18.4. The molecule has 1 aliphatic carbocycles. The first-order valence-electron chi connectivity index (χ1n) is 11.2. The van der Waals surface area contributed by atoms with E-state index in [-0.39, 0.29) is 23.7 Å². The van der Waals surface area contributed by atoms with E-state index in [0.717, 1.165) is 48.8 Å². The molecule has 2 heterocycles. The summed E-state index contributed by atoms with van der Waals surface area (Å²) in [6.45, 7) is 1.07. The Hall–Kier alpha value is -2.73. The molecule has 2 aromatic carbocycles. The Morgan fingerprint density at radius 1 is 1.03 bits per heavy atom. The lowest BCUT2D eigenvalue weighted by Crippen LogP contribution is -2.40. The Morgan fingerprint density at radius 2 is 1.76 bits per heavy atom. The summed E-state index contributed by atoms with van der Waals surface area (Å²) in [5.74, 6) is 0. The van der Waals surface area contributed by atoms with Crippen LogP contribution in [0.2, 0.25) is 0 Å². The van der Waals surface area contributed by atoms with E-state index in [4.69, 9.17) is 9.72 Å². The molecule has 9 nitrogen and oxygen atoms in total. The van der Waals surface area contributed by atoms with E-state index in [1.54, 1.807) is 0 Å². The average molecular weight is 501 g/mol. The van der Waals surface area contributed by atoms with E-state index in [2.05, 4.69) is 4.57 Å². The molecular weight excluding hydrogens is 476 g/mol. The summed E-state index contributed by atoms with van der Waals surface area (Å²) < 4.78 is 34.7. The summed E-state index contributed by atoms with van der Waals surface area (Å²) in [4.78, 5) is 16.5. The van der Waals surface area contributed by atoms with Crippen molar-refractivity contribution in [2.45, 2.75) is 40.6 Å². The minimum atomic E-state index is -3.84. The van der Waals surface area contributed by atoms with Gasteiger partial charge in [0.1, 0.15) is 0 Å². The van der Waals surface area contributed by atoms with Crippen LogP contribution < -0.4 is 0 Å². The van der Waals surface area contributed by atoms with Crippen LogP contribution in [-0.4, -0.2) is 53.5 Å². The molecule has 1 saturated heterocycles. The van der Waals surface area contributed by atoms with Gasteiger partial charge in [0.2, 0.25) is 10.0 Å². The number of sulfonamides is 1. The molecule has 34 heavy (non-hydrogen) atoms. The fraction of sp³-hybridized carbons (Fsp3) is 0.348. The van der Waals surface area contributed by atoms with Crippen LogP contribution in [0.1, 0.15) is 24.2 Å². The van der Waals surface area contributed by atoms with Gasteiger partial charge in [-0.15, -0.1) is 0 Å². The molecule has 1 aromatic heterocycles. The second-order valence-electron chi connectivity index (χ2n) is 8.17. The highest BCUT2D eigenvalue weighted by molar-refractivity contribution is 7.99. The molecule has 5 rings (SSSR count). The molecule has 178 valence electrons. The Balaban J connectivity index is 1.54. The fourth-order valence-electron chi connectivity index (χ4n) is 4.35.